The van der Waals surface area contributed by atoms with Gasteiger partial charge in [-0.1, -0.05) is 47.5 Å². The molecule has 0 radical (unpaired) electrons. The molecule has 2 heterocycles. The minimum absolute atomic E-state index is 0.00260. The summed E-state index contributed by atoms with van der Waals surface area (Å²) in [7, 11) is 2.37. The number of allylic oxidation sites excluding steroid dienone is 1. The molecule has 1 fully saturated rings. The van der Waals surface area contributed by atoms with Crippen molar-refractivity contribution in [2.24, 2.45) is 10.9 Å². The molecule has 2 unspecified atom stereocenters. The van der Waals surface area contributed by atoms with E-state index in [4.69, 9.17) is 37.4 Å². The lowest BCUT2D eigenvalue weighted by molar-refractivity contribution is -0.143. The van der Waals surface area contributed by atoms with Crippen molar-refractivity contribution >= 4 is 52.7 Å². The van der Waals surface area contributed by atoms with E-state index >= 15 is 0 Å². The summed E-state index contributed by atoms with van der Waals surface area (Å²) in [4.78, 5) is 56.7. The number of nitrogens with zero attached hydrogens (tertiary/aromatic N) is 2. The van der Waals surface area contributed by atoms with Crippen molar-refractivity contribution in [1.82, 2.24) is 4.90 Å². The molecular weight excluding hydrogens is 599 g/mol. The van der Waals surface area contributed by atoms with Gasteiger partial charge in [-0.2, -0.15) is 0 Å². The van der Waals surface area contributed by atoms with Crippen molar-refractivity contribution in [3.63, 3.8) is 0 Å². The maximum atomic E-state index is 13.4. The molecule has 4 rings (SSSR count). The molecule has 0 spiro atoms. The fraction of sp³-hybridized carbons (Fsp3) is 0.387. The molecule has 0 aromatic heterocycles. The standard InChI is InChI=1S/C31H32Cl2N2O8/c1-41-30(39)27-21(13-12-18-7-3-4-10-23(18)43-16-15-35-14-6-11-24(35)36)34-22(17-25(37)38)28(31(40)42-2)29(27)26-19(32)8-5-9-20(26)33/h3-5,7-10,28-29H,6,11-17H2,1-2H3,(H,37,38). The summed E-state index contributed by atoms with van der Waals surface area (Å²) in [6, 6.07) is 12.1. The summed E-state index contributed by atoms with van der Waals surface area (Å²) in [5.74, 6) is -4.46. The number of methoxy groups -OCH3 is 2. The summed E-state index contributed by atoms with van der Waals surface area (Å²) in [5.41, 5.74) is 1.35. The van der Waals surface area contributed by atoms with Crippen LogP contribution in [0.2, 0.25) is 10.0 Å². The van der Waals surface area contributed by atoms with Crippen molar-refractivity contribution in [1.29, 1.82) is 0 Å². The van der Waals surface area contributed by atoms with Gasteiger partial charge < -0.3 is 24.2 Å². The van der Waals surface area contributed by atoms with Crippen LogP contribution >= 0.6 is 23.2 Å². The average Bonchev–Trinajstić information content (AvgIpc) is 3.39. The predicted octanol–water partition coefficient (Wildman–Crippen LogP) is 4.86. The van der Waals surface area contributed by atoms with Crippen LogP contribution in [-0.4, -0.2) is 73.4 Å². The number of likely N-dealkylation sites (tertiary alicyclic amines) is 1. The lowest BCUT2D eigenvalue weighted by atomic mass is 9.74. The Hall–Kier alpha value is -3.89. The molecule has 0 saturated carbocycles. The van der Waals surface area contributed by atoms with Gasteiger partial charge in [-0.25, -0.2) is 4.79 Å². The van der Waals surface area contributed by atoms with E-state index in [1.807, 2.05) is 24.3 Å². The Bertz CT molecular complexity index is 1450. The number of esters is 2. The second-order valence-corrected chi connectivity index (χ2v) is 10.9. The van der Waals surface area contributed by atoms with Gasteiger partial charge in [0.15, 0.2) is 0 Å². The molecule has 43 heavy (non-hydrogen) atoms. The first-order valence-corrected chi connectivity index (χ1v) is 14.5. The Kier molecular flexibility index (Phi) is 10.8. The second kappa shape index (κ2) is 14.5. The van der Waals surface area contributed by atoms with E-state index in [0.29, 0.717) is 38.3 Å². The van der Waals surface area contributed by atoms with Gasteiger partial charge in [-0.15, -0.1) is 0 Å². The number of aryl methyl sites for hydroxylation is 1. The fourth-order valence-electron chi connectivity index (χ4n) is 5.52. The largest absolute Gasteiger partial charge is 0.491 e. The number of rotatable bonds is 12. The third-order valence-electron chi connectivity index (χ3n) is 7.49. The summed E-state index contributed by atoms with van der Waals surface area (Å²) in [5, 5.41) is 10.1. The van der Waals surface area contributed by atoms with E-state index < -0.39 is 36.2 Å². The highest BCUT2D eigenvalue weighted by atomic mass is 35.5. The van der Waals surface area contributed by atoms with Gasteiger partial charge in [0, 0.05) is 34.6 Å². The molecule has 2 aliphatic rings. The summed E-state index contributed by atoms with van der Waals surface area (Å²) in [6.07, 6.45) is 1.34. The van der Waals surface area contributed by atoms with E-state index in [9.17, 15) is 24.3 Å². The van der Waals surface area contributed by atoms with E-state index in [-0.39, 0.29) is 44.9 Å². The smallest absolute Gasteiger partial charge is 0.336 e. The highest BCUT2D eigenvalue weighted by Gasteiger charge is 2.46. The highest BCUT2D eigenvalue weighted by molar-refractivity contribution is 6.36. The number of benzene rings is 2. The van der Waals surface area contributed by atoms with Gasteiger partial charge in [0.1, 0.15) is 18.3 Å². The number of carboxylic acid groups (broad SMARTS) is 1. The molecule has 2 aromatic carbocycles. The Morgan fingerprint density at radius 3 is 2.37 bits per heavy atom. The first kappa shape index (κ1) is 32.0. The lowest BCUT2D eigenvalue weighted by Crippen LogP contribution is -2.38. The van der Waals surface area contributed by atoms with Gasteiger partial charge in [0.2, 0.25) is 5.91 Å². The number of aliphatic carboxylic acids is 1. The average molecular weight is 632 g/mol. The Labute approximate surface area is 259 Å². The molecule has 2 atom stereocenters. The Morgan fingerprint density at radius 1 is 1.02 bits per heavy atom. The molecule has 1 N–H and O–H groups in total. The van der Waals surface area contributed by atoms with Crippen LogP contribution in [0.15, 0.2) is 58.7 Å². The maximum Gasteiger partial charge on any atom is 0.336 e. The molecule has 228 valence electrons. The number of aliphatic imine (C=N–C) groups is 1. The fourth-order valence-corrected chi connectivity index (χ4v) is 6.15. The van der Waals surface area contributed by atoms with E-state index in [1.54, 1.807) is 23.1 Å². The minimum Gasteiger partial charge on any atom is -0.491 e. The van der Waals surface area contributed by atoms with Crippen LogP contribution in [0.5, 0.6) is 5.75 Å². The number of carbonyl (C=O) groups excluding carboxylic acids is 3. The minimum atomic E-state index is -1.29. The van der Waals surface area contributed by atoms with Gasteiger partial charge in [-0.3, -0.25) is 19.4 Å². The molecule has 2 aromatic rings. The van der Waals surface area contributed by atoms with Crippen molar-refractivity contribution in [2.45, 2.75) is 38.0 Å². The molecule has 0 aliphatic carbocycles. The molecule has 12 heteroatoms. The summed E-state index contributed by atoms with van der Waals surface area (Å²) < 4.78 is 16.2. The number of carbonyl (C=O) groups is 4. The topological polar surface area (TPSA) is 132 Å². The third kappa shape index (κ3) is 7.37. The van der Waals surface area contributed by atoms with Gasteiger partial charge in [0.05, 0.1) is 38.5 Å². The van der Waals surface area contributed by atoms with Gasteiger partial charge in [-0.05, 0) is 48.6 Å². The number of hydrogen-bond donors (Lipinski definition) is 1. The number of ether oxygens (including phenoxy) is 3. The highest BCUT2D eigenvalue weighted by Crippen LogP contribution is 2.46. The number of carboxylic acids is 1. The lowest BCUT2D eigenvalue weighted by Gasteiger charge is -2.33. The quantitative estimate of drug-likeness (QED) is 0.329. The van der Waals surface area contributed by atoms with E-state index in [2.05, 4.69) is 4.99 Å². The van der Waals surface area contributed by atoms with Gasteiger partial charge >= 0.3 is 17.9 Å². The summed E-state index contributed by atoms with van der Waals surface area (Å²) in [6.45, 7) is 1.50. The molecule has 1 saturated heterocycles. The second-order valence-electron chi connectivity index (χ2n) is 10.1. The van der Waals surface area contributed by atoms with Crippen molar-refractivity contribution in [2.75, 3.05) is 33.9 Å². The van der Waals surface area contributed by atoms with Crippen molar-refractivity contribution < 1.29 is 38.5 Å². The zero-order valence-electron chi connectivity index (χ0n) is 23.8. The number of hydrogen-bond acceptors (Lipinski definition) is 8. The molecule has 10 nitrogen and oxygen atoms in total. The normalized spacial score (nSPS) is 18.4. The van der Waals surface area contributed by atoms with Crippen LogP contribution in [0.3, 0.4) is 0 Å². The molecular formula is C31H32Cl2N2O8. The predicted molar refractivity (Wildman–Crippen MR) is 160 cm³/mol. The Morgan fingerprint density at radius 2 is 1.74 bits per heavy atom. The van der Waals surface area contributed by atoms with Gasteiger partial charge in [0.25, 0.3) is 0 Å². The van der Waals surface area contributed by atoms with E-state index in [0.717, 1.165) is 12.0 Å². The van der Waals surface area contributed by atoms with Crippen molar-refractivity contribution in [3.05, 3.63) is 74.9 Å². The molecule has 2 aliphatic heterocycles. The van der Waals surface area contributed by atoms with Crippen LogP contribution in [0.25, 0.3) is 0 Å². The third-order valence-corrected chi connectivity index (χ3v) is 8.15. The number of para-hydroxylation sites is 1. The van der Waals surface area contributed by atoms with Crippen molar-refractivity contribution in [3.8, 4) is 5.75 Å². The number of halogens is 2. The molecule has 1 amide bonds. The monoisotopic (exact) mass is 630 g/mol. The SMILES string of the molecule is COC(=O)C1=C(CCc2ccccc2OCCN2CCCC2=O)N=C(CC(=O)O)C(C(=O)OC)C1c1c(Cl)cccc1Cl. The van der Waals surface area contributed by atoms with Crippen LogP contribution in [0, 0.1) is 5.92 Å². The van der Waals surface area contributed by atoms with Crippen LogP contribution < -0.4 is 4.74 Å². The zero-order chi connectivity index (χ0) is 31.1. The van der Waals surface area contributed by atoms with Crippen LogP contribution in [0.1, 0.15) is 42.7 Å². The zero-order valence-corrected chi connectivity index (χ0v) is 25.3. The first-order valence-electron chi connectivity index (χ1n) is 13.8. The maximum absolute atomic E-state index is 13.4. The number of amides is 1. The Balaban J connectivity index is 1.74. The summed E-state index contributed by atoms with van der Waals surface area (Å²) >= 11 is 13.2. The molecule has 0 bridgehead atoms. The first-order chi connectivity index (χ1) is 20.7. The van der Waals surface area contributed by atoms with Crippen LogP contribution in [0.4, 0.5) is 0 Å². The van der Waals surface area contributed by atoms with Crippen LogP contribution in [-0.2, 0) is 35.1 Å². The van der Waals surface area contributed by atoms with E-state index in [1.165, 1.54) is 14.2 Å².